The highest BCUT2D eigenvalue weighted by atomic mass is 16.7. The van der Waals surface area contributed by atoms with Crippen molar-refractivity contribution >= 4 is 0 Å². The molecule has 2 aromatic rings. The Morgan fingerprint density at radius 2 is 1.95 bits per heavy atom. The molecule has 5 heteroatoms. The zero-order valence-corrected chi connectivity index (χ0v) is 12.9. The molecule has 0 unspecified atom stereocenters. The van der Waals surface area contributed by atoms with E-state index < -0.39 is 6.10 Å². The fourth-order valence-electron chi connectivity index (χ4n) is 2.65. The monoisotopic (exact) mass is 303 g/mol. The van der Waals surface area contributed by atoms with E-state index in [1.165, 1.54) is 0 Å². The molecule has 1 aliphatic heterocycles. The SMILES string of the molecule is Cc1ccc(CN(Cc2ccc3c(c2)OCO3)C[C@@H](C)O)o1. The van der Waals surface area contributed by atoms with Crippen molar-refractivity contribution in [3.05, 3.63) is 47.4 Å². The molecule has 0 spiro atoms. The summed E-state index contributed by atoms with van der Waals surface area (Å²) in [6, 6.07) is 9.87. The quantitative estimate of drug-likeness (QED) is 0.889. The number of rotatable bonds is 6. The molecule has 1 atom stereocenters. The van der Waals surface area contributed by atoms with Crippen LogP contribution >= 0.6 is 0 Å². The van der Waals surface area contributed by atoms with Crippen molar-refractivity contribution in [3.8, 4) is 11.5 Å². The molecule has 5 nitrogen and oxygen atoms in total. The number of aliphatic hydroxyl groups excluding tert-OH is 1. The van der Waals surface area contributed by atoms with Crippen molar-refractivity contribution in [1.82, 2.24) is 4.90 Å². The number of ether oxygens (including phenoxy) is 2. The van der Waals surface area contributed by atoms with Crippen molar-refractivity contribution in [2.45, 2.75) is 33.0 Å². The van der Waals surface area contributed by atoms with E-state index >= 15 is 0 Å². The first-order valence-corrected chi connectivity index (χ1v) is 7.44. The summed E-state index contributed by atoms with van der Waals surface area (Å²) >= 11 is 0. The van der Waals surface area contributed by atoms with E-state index in [4.69, 9.17) is 13.9 Å². The van der Waals surface area contributed by atoms with Crippen molar-refractivity contribution in [2.24, 2.45) is 0 Å². The van der Waals surface area contributed by atoms with E-state index in [0.29, 0.717) is 19.6 Å². The topological polar surface area (TPSA) is 55.1 Å². The van der Waals surface area contributed by atoms with Crippen LogP contribution in [0.2, 0.25) is 0 Å². The number of benzene rings is 1. The molecule has 22 heavy (non-hydrogen) atoms. The van der Waals surface area contributed by atoms with Crippen molar-refractivity contribution in [3.63, 3.8) is 0 Å². The van der Waals surface area contributed by atoms with E-state index in [-0.39, 0.29) is 6.79 Å². The number of hydrogen-bond acceptors (Lipinski definition) is 5. The lowest BCUT2D eigenvalue weighted by Crippen LogP contribution is -2.30. The minimum atomic E-state index is -0.398. The van der Waals surface area contributed by atoms with Gasteiger partial charge in [-0.15, -0.1) is 0 Å². The lowest BCUT2D eigenvalue weighted by atomic mass is 10.1. The van der Waals surface area contributed by atoms with Crippen LogP contribution in [0.5, 0.6) is 11.5 Å². The standard InChI is InChI=1S/C17H21NO4/c1-12(19)8-18(10-15-5-3-13(2)22-15)9-14-4-6-16-17(7-14)21-11-20-16/h3-7,12,19H,8-11H2,1-2H3/t12-/m1/s1. The van der Waals surface area contributed by atoms with Gasteiger partial charge in [-0.2, -0.15) is 0 Å². The summed E-state index contributed by atoms with van der Waals surface area (Å²) in [5.41, 5.74) is 1.12. The zero-order valence-electron chi connectivity index (χ0n) is 12.9. The van der Waals surface area contributed by atoms with Crippen LogP contribution in [0.3, 0.4) is 0 Å². The average Bonchev–Trinajstić information content (AvgIpc) is 3.06. The van der Waals surface area contributed by atoms with Gasteiger partial charge >= 0.3 is 0 Å². The fourth-order valence-corrected chi connectivity index (χ4v) is 2.65. The lowest BCUT2D eigenvalue weighted by Gasteiger charge is -2.23. The number of hydrogen-bond donors (Lipinski definition) is 1. The van der Waals surface area contributed by atoms with Crippen molar-refractivity contribution < 1.29 is 19.0 Å². The molecule has 0 amide bonds. The number of furan rings is 1. The van der Waals surface area contributed by atoms with Gasteiger partial charge in [0.15, 0.2) is 11.5 Å². The molecule has 1 aromatic heterocycles. The van der Waals surface area contributed by atoms with Gasteiger partial charge in [0.1, 0.15) is 11.5 Å². The second-order valence-corrected chi connectivity index (χ2v) is 5.72. The summed E-state index contributed by atoms with van der Waals surface area (Å²) in [6.45, 7) is 5.95. The maximum atomic E-state index is 9.72. The molecule has 0 fully saturated rings. The van der Waals surface area contributed by atoms with Gasteiger partial charge in [0.25, 0.3) is 0 Å². The predicted octanol–water partition coefficient (Wildman–Crippen LogP) is 2.70. The summed E-state index contributed by atoms with van der Waals surface area (Å²) in [6.07, 6.45) is -0.398. The van der Waals surface area contributed by atoms with Crippen LogP contribution in [-0.4, -0.2) is 29.4 Å². The van der Waals surface area contributed by atoms with Gasteiger partial charge in [-0.1, -0.05) is 6.07 Å². The Kier molecular flexibility index (Phi) is 4.36. The zero-order chi connectivity index (χ0) is 15.5. The molecule has 1 aromatic carbocycles. The molecule has 2 heterocycles. The van der Waals surface area contributed by atoms with Gasteiger partial charge in [0, 0.05) is 13.1 Å². The molecular weight excluding hydrogens is 282 g/mol. The van der Waals surface area contributed by atoms with E-state index in [1.54, 1.807) is 6.92 Å². The minimum absolute atomic E-state index is 0.280. The highest BCUT2D eigenvalue weighted by Gasteiger charge is 2.16. The summed E-state index contributed by atoms with van der Waals surface area (Å²) < 4.78 is 16.4. The first kappa shape index (κ1) is 14.9. The van der Waals surface area contributed by atoms with Gasteiger partial charge in [0.05, 0.1) is 12.6 Å². The first-order chi connectivity index (χ1) is 10.6. The molecular formula is C17H21NO4. The van der Waals surface area contributed by atoms with E-state index in [0.717, 1.165) is 28.6 Å². The van der Waals surface area contributed by atoms with Crippen LogP contribution in [0.1, 0.15) is 24.0 Å². The summed E-state index contributed by atoms with van der Waals surface area (Å²) in [5.74, 6) is 3.37. The summed E-state index contributed by atoms with van der Waals surface area (Å²) in [7, 11) is 0. The maximum Gasteiger partial charge on any atom is 0.231 e. The largest absolute Gasteiger partial charge is 0.465 e. The van der Waals surface area contributed by atoms with Crippen molar-refractivity contribution in [1.29, 1.82) is 0 Å². The van der Waals surface area contributed by atoms with Crippen molar-refractivity contribution in [2.75, 3.05) is 13.3 Å². The van der Waals surface area contributed by atoms with Gasteiger partial charge < -0.3 is 19.0 Å². The van der Waals surface area contributed by atoms with E-state index in [2.05, 4.69) is 4.90 Å². The number of aliphatic hydroxyl groups is 1. The average molecular weight is 303 g/mol. The second-order valence-electron chi connectivity index (χ2n) is 5.72. The molecule has 3 rings (SSSR count). The van der Waals surface area contributed by atoms with Crippen LogP contribution in [0, 0.1) is 6.92 Å². The van der Waals surface area contributed by atoms with Gasteiger partial charge in [-0.05, 0) is 43.7 Å². The highest BCUT2D eigenvalue weighted by Crippen LogP contribution is 2.32. The van der Waals surface area contributed by atoms with Gasteiger partial charge in [-0.25, -0.2) is 0 Å². The minimum Gasteiger partial charge on any atom is -0.465 e. The third kappa shape index (κ3) is 3.61. The Morgan fingerprint density at radius 1 is 1.14 bits per heavy atom. The third-order valence-corrected chi connectivity index (χ3v) is 3.54. The van der Waals surface area contributed by atoms with Gasteiger partial charge in [0.2, 0.25) is 6.79 Å². The molecule has 0 bridgehead atoms. The Balaban J connectivity index is 1.71. The van der Waals surface area contributed by atoms with Crippen LogP contribution in [0.15, 0.2) is 34.7 Å². The van der Waals surface area contributed by atoms with Crippen LogP contribution < -0.4 is 9.47 Å². The van der Waals surface area contributed by atoms with Crippen LogP contribution in [-0.2, 0) is 13.1 Å². The number of fused-ring (bicyclic) bond motifs is 1. The first-order valence-electron chi connectivity index (χ1n) is 7.44. The Hall–Kier alpha value is -1.98. The molecule has 0 saturated carbocycles. The highest BCUT2D eigenvalue weighted by molar-refractivity contribution is 5.44. The van der Waals surface area contributed by atoms with Gasteiger partial charge in [-0.3, -0.25) is 4.90 Å². The Morgan fingerprint density at radius 3 is 2.68 bits per heavy atom. The van der Waals surface area contributed by atoms with E-state index in [9.17, 15) is 5.11 Å². The molecule has 0 radical (unpaired) electrons. The van der Waals surface area contributed by atoms with Crippen LogP contribution in [0.4, 0.5) is 0 Å². The molecule has 0 aliphatic carbocycles. The molecule has 1 aliphatic rings. The summed E-state index contributed by atoms with van der Waals surface area (Å²) in [4.78, 5) is 2.15. The Bertz CT molecular complexity index is 635. The predicted molar refractivity (Wildman–Crippen MR) is 81.8 cm³/mol. The second kappa shape index (κ2) is 6.42. The normalized spacial score (nSPS) is 14.5. The third-order valence-electron chi connectivity index (χ3n) is 3.54. The summed E-state index contributed by atoms with van der Waals surface area (Å²) in [5, 5.41) is 9.72. The molecule has 0 saturated heterocycles. The Labute approximate surface area is 130 Å². The fraction of sp³-hybridized carbons (Fsp3) is 0.412. The maximum absolute atomic E-state index is 9.72. The number of nitrogens with zero attached hydrogens (tertiary/aromatic N) is 1. The van der Waals surface area contributed by atoms with Crippen LogP contribution in [0.25, 0.3) is 0 Å². The molecule has 1 N–H and O–H groups in total. The van der Waals surface area contributed by atoms with E-state index in [1.807, 2.05) is 37.3 Å². The lowest BCUT2D eigenvalue weighted by molar-refractivity contribution is 0.113. The molecule has 118 valence electrons. The number of aryl methyl sites for hydroxylation is 1. The smallest absolute Gasteiger partial charge is 0.231 e.